The van der Waals surface area contributed by atoms with E-state index in [0.717, 1.165) is 18.3 Å². The van der Waals surface area contributed by atoms with Crippen LogP contribution in [0.15, 0.2) is 48.1 Å². The number of halogens is 1. The molecular formula is C19H23F. The SMILES string of the molecule is Fc1ccc(CC2=CC=CC(C3CCCCC3)C2)cc1. The lowest BCUT2D eigenvalue weighted by atomic mass is 9.75. The molecule has 0 heterocycles. The van der Waals surface area contributed by atoms with E-state index in [9.17, 15) is 4.39 Å². The number of hydrogen-bond acceptors (Lipinski definition) is 0. The number of hydrogen-bond donors (Lipinski definition) is 0. The summed E-state index contributed by atoms with van der Waals surface area (Å²) in [6.45, 7) is 0. The van der Waals surface area contributed by atoms with Gasteiger partial charge in [0.2, 0.25) is 0 Å². The van der Waals surface area contributed by atoms with Gasteiger partial charge in [0.1, 0.15) is 5.82 Å². The van der Waals surface area contributed by atoms with E-state index >= 15 is 0 Å². The lowest BCUT2D eigenvalue weighted by molar-refractivity contribution is 0.282. The molecule has 1 atom stereocenters. The highest BCUT2D eigenvalue weighted by Crippen LogP contribution is 2.36. The maximum atomic E-state index is 12.9. The summed E-state index contributed by atoms with van der Waals surface area (Å²) in [6, 6.07) is 6.94. The fourth-order valence-electron chi connectivity index (χ4n) is 3.65. The Balaban J connectivity index is 1.61. The summed E-state index contributed by atoms with van der Waals surface area (Å²) in [4.78, 5) is 0. The predicted octanol–water partition coefficient (Wildman–Crippen LogP) is 5.45. The number of allylic oxidation sites excluding steroid dienone is 4. The van der Waals surface area contributed by atoms with Crippen molar-refractivity contribution in [1.82, 2.24) is 0 Å². The van der Waals surface area contributed by atoms with Crippen LogP contribution < -0.4 is 0 Å². The summed E-state index contributed by atoms with van der Waals surface area (Å²) in [7, 11) is 0. The van der Waals surface area contributed by atoms with Gasteiger partial charge in [-0.1, -0.05) is 55.2 Å². The molecule has 1 fully saturated rings. The zero-order valence-electron chi connectivity index (χ0n) is 12.0. The van der Waals surface area contributed by atoms with E-state index in [4.69, 9.17) is 0 Å². The van der Waals surface area contributed by atoms with E-state index < -0.39 is 0 Å². The van der Waals surface area contributed by atoms with Crippen LogP contribution in [-0.2, 0) is 6.42 Å². The average molecular weight is 270 g/mol. The van der Waals surface area contributed by atoms with Gasteiger partial charge >= 0.3 is 0 Å². The highest BCUT2D eigenvalue weighted by atomic mass is 19.1. The average Bonchev–Trinajstić information content (AvgIpc) is 2.51. The van der Waals surface area contributed by atoms with Gasteiger partial charge in [0.25, 0.3) is 0 Å². The molecule has 0 aliphatic heterocycles. The van der Waals surface area contributed by atoms with Crippen molar-refractivity contribution in [2.75, 3.05) is 0 Å². The zero-order chi connectivity index (χ0) is 13.8. The first-order valence-electron chi connectivity index (χ1n) is 7.92. The number of benzene rings is 1. The van der Waals surface area contributed by atoms with Gasteiger partial charge < -0.3 is 0 Å². The van der Waals surface area contributed by atoms with Gasteiger partial charge in [-0.3, -0.25) is 0 Å². The van der Waals surface area contributed by atoms with Crippen LogP contribution in [0.25, 0.3) is 0 Å². The minimum Gasteiger partial charge on any atom is -0.207 e. The molecule has 1 saturated carbocycles. The maximum Gasteiger partial charge on any atom is 0.123 e. The molecule has 0 nitrogen and oxygen atoms in total. The molecule has 2 aliphatic rings. The third-order valence-corrected chi connectivity index (χ3v) is 4.79. The topological polar surface area (TPSA) is 0 Å². The first kappa shape index (κ1) is 13.6. The summed E-state index contributed by atoms with van der Waals surface area (Å²) < 4.78 is 12.9. The van der Waals surface area contributed by atoms with Crippen molar-refractivity contribution < 1.29 is 4.39 Å². The Kier molecular flexibility index (Phi) is 4.34. The van der Waals surface area contributed by atoms with Crippen molar-refractivity contribution in [2.45, 2.75) is 44.9 Å². The summed E-state index contributed by atoms with van der Waals surface area (Å²) in [5, 5.41) is 0. The summed E-state index contributed by atoms with van der Waals surface area (Å²) in [5.74, 6) is 1.47. The smallest absolute Gasteiger partial charge is 0.123 e. The van der Waals surface area contributed by atoms with Crippen LogP contribution in [0.4, 0.5) is 4.39 Å². The summed E-state index contributed by atoms with van der Waals surface area (Å²) in [6.07, 6.45) is 16.1. The molecule has 0 spiro atoms. The first-order valence-corrected chi connectivity index (χ1v) is 7.92. The standard InChI is InChI=1S/C19H23F/c20-19-11-9-15(10-12-19)13-16-5-4-8-18(14-16)17-6-2-1-3-7-17/h4-5,8-12,17-18H,1-3,6-7,13-14H2. The Hall–Kier alpha value is -1.37. The summed E-state index contributed by atoms with van der Waals surface area (Å²) in [5.41, 5.74) is 2.71. The monoisotopic (exact) mass is 270 g/mol. The predicted molar refractivity (Wildman–Crippen MR) is 82.0 cm³/mol. The Morgan fingerprint density at radius 1 is 1.00 bits per heavy atom. The molecule has 0 aromatic heterocycles. The Morgan fingerprint density at radius 2 is 1.75 bits per heavy atom. The van der Waals surface area contributed by atoms with Crippen LogP contribution in [0.3, 0.4) is 0 Å². The second-order valence-corrected chi connectivity index (χ2v) is 6.28. The molecule has 20 heavy (non-hydrogen) atoms. The van der Waals surface area contributed by atoms with Crippen LogP contribution >= 0.6 is 0 Å². The minimum atomic E-state index is -0.147. The highest BCUT2D eigenvalue weighted by molar-refractivity contribution is 5.28. The zero-order valence-corrected chi connectivity index (χ0v) is 12.0. The van der Waals surface area contributed by atoms with Gasteiger partial charge in [0.05, 0.1) is 0 Å². The van der Waals surface area contributed by atoms with E-state index in [-0.39, 0.29) is 5.82 Å². The van der Waals surface area contributed by atoms with Crippen molar-refractivity contribution in [3.63, 3.8) is 0 Å². The first-order chi connectivity index (χ1) is 9.81. The normalized spacial score (nSPS) is 23.6. The van der Waals surface area contributed by atoms with Crippen LogP contribution in [-0.4, -0.2) is 0 Å². The molecule has 0 radical (unpaired) electrons. The lowest BCUT2D eigenvalue weighted by Crippen LogP contribution is -2.18. The van der Waals surface area contributed by atoms with Crippen LogP contribution in [0.5, 0.6) is 0 Å². The quantitative estimate of drug-likeness (QED) is 0.685. The van der Waals surface area contributed by atoms with Gasteiger partial charge in [0, 0.05) is 0 Å². The van der Waals surface area contributed by atoms with E-state index in [1.165, 1.54) is 49.7 Å². The van der Waals surface area contributed by atoms with Crippen LogP contribution in [0.2, 0.25) is 0 Å². The Labute approximate surface area is 121 Å². The number of rotatable bonds is 3. The molecular weight excluding hydrogens is 247 g/mol. The van der Waals surface area contributed by atoms with Gasteiger partial charge in [-0.25, -0.2) is 4.39 Å². The fraction of sp³-hybridized carbons (Fsp3) is 0.474. The molecule has 0 N–H and O–H groups in total. The highest BCUT2D eigenvalue weighted by Gasteiger charge is 2.23. The Morgan fingerprint density at radius 3 is 2.50 bits per heavy atom. The molecule has 0 bridgehead atoms. The maximum absolute atomic E-state index is 12.9. The van der Waals surface area contributed by atoms with Crippen molar-refractivity contribution in [3.8, 4) is 0 Å². The molecule has 106 valence electrons. The molecule has 1 heteroatoms. The van der Waals surface area contributed by atoms with Gasteiger partial charge in [-0.05, 0) is 55.2 Å². The van der Waals surface area contributed by atoms with E-state index in [1.807, 2.05) is 12.1 Å². The molecule has 2 aliphatic carbocycles. The van der Waals surface area contributed by atoms with E-state index in [1.54, 1.807) is 12.1 Å². The molecule has 1 aromatic carbocycles. The Bertz CT molecular complexity index is 489. The van der Waals surface area contributed by atoms with Gasteiger partial charge in [-0.15, -0.1) is 0 Å². The van der Waals surface area contributed by atoms with Crippen molar-refractivity contribution >= 4 is 0 Å². The van der Waals surface area contributed by atoms with Crippen molar-refractivity contribution in [2.24, 2.45) is 11.8 Å². The molecule has 3 rings (SSSR count). The molecule has 1 aromatic rings. The molecule has 1 unspecified atom stereocenters. The van der Waals surface area contributed by atoms with Crippen molar-refractivity contribution in [3.05, 3.63) is 59.4 Å². The minimum absolute atomic E-state index is 0.147. The van der Waals surface area contributed by atoms with E-state index in [0.29, 0.717) is 0 Å². The fourth-order valence-corrected chi connectivity index (χ4v) is 3.65. The van der Waals surface area contributed by atoms with Gasteiger partial charge in [0.15, 0.2) is 0 Å². The van der Waals surface area contributed by atoms with Gasteiger partial charge in [-0.2, -0.15) is 0 Å². The van der Waals surface area contributed by atoms with Crippen LogP contribution in [0.1, 0.15) is 44.1 Å². The largest absolute Gasteiger partial charge is 0.207 e. The van der Waals surface area contributed by atoms with Crippen LogP contribution in [0, 0.1) is 17.7 Å². The van der Waals surface area contributed by atoms with E-state index in [2.05, 4.69) is 18.2 Å². The third kappa shape index (κ3) is 3.39. The second kappa shape index (κ2) is 6.39. The second-order valence-electron chi connectivity index (χ2n) is 6.28. The van der Waals surface area contributed by atoms with Crippen molar-refractivity contribution in [1.29, 1.82) is 0 Å². The molecule has 0 saturated heterocycles. The molecule has 0 amide bonds. The lowest BCUT2D eigenvalue weighted by Gasteiger charge is -2.30. The summed E-state index contributed by atoms with van der Waals surface area (Å²) >= 11 is 0. The third-order valence-electron chi connectivity index (χ3n) is 4.79.